The van der Waals surface area contributed by atoms with E-state index in [9.17, 15) is 4.79 Å². The monoisotopic (exact) mass is 212 g/mol. The van der Waals surface area contributed by atoms with Crippen molar-refractivity contribution in [2.24, 2.45) is 5.41 Å². The molecule has 1 heterocycles. The molecule has 15 heavy (non-hydrogen) atoms. The van der Waals surface area contributed by atoms with Crippen LogP contribution in [0.4, 0.5) is 0 Å². The fourth-order valence-electron chi connectivity index (χ4n) is 1.56. The summed E-state index contributed by atoms with van der Waals surface area (Å²) in [6.07, 6.45) is 1.42. The van der Waals surface area contributed by atoms with Crippen LogP contribution in [-0.2, 0) is 9.53 Å². The van der Waals surface area contributed by atoms with E-state index in [1.54, 1.807) is 0 Å². The molecule has 1 saturated heterocycles. The minimum atomic E-state index is -0.923. The maximum Gasteiger partial charge on any atom is 0.240 e. The zero-order valence-electron chi connectivity index (χ0n) is 8.66. The third kappa shape index (κ3) is 2.91. The summed E-state index contributed by atoms with van der Waals surface area (Å²) in [4.78, 5) is 11.8. The molecule has 1 aliphatic rings. The number of hydrogen-bond donors (Lipinski definition) is 2. The van der Waals surface area contributed by atoms with Crippen molar-refractivity contribution in [3.05, 3.63) is 0 Å². The number of ether oxygens (including phenoxy) is 1. The number of nitrogens with one attached hydrogen (secondary N) is 1. The predicted octanol–water partition coefficient (Wildman–Crippen LogP) is -0.195. The van der Waals surface area contributed by atoms with Crippen molar-refractivity contribution in [3.63, 3.8) is 0 Å². The molecule has 0 atom stereocenters. The van der Waals surface area contributed by atoms with Gasteiger partial charge in [0.25, 0.3) is 0 Å². The molecule has 1 rings (SSSR count). The molecule has 0 unspecified atom stereocenters. The van der Waals surface area contributed by atoms with Crippen LogP contribution in [0.5, 0.6) is 0 Å². The summed E-state index contributed by atoms with van der Waals surface area (Å²) in [5, 5.41) is 20.3. The van der Waals surface area contributed by atoms with Crippen LogP contribution in [0.1, 0.15) is 19.3 Å². The Balaban J connectivity index is 2.50. The molecule has 0 aromatic carbocycles. The van der Waals surface area contributed by atoms with Gasteiger partial charge in [0.2, 0.25) is 5.91 Å². The summed E-state index contributed by atoms with van der Waals surface area (Å²) < 4.78 is 5.13. The summed E-state index contributed by atoms with van der Waals surface area (Å²) in [6.45, 7) is 1.38. The molecule has 1 amide bonds. The first-order valence-corrected chi connectivity index (χ1v) is 5.13. The van der Waals surface area contributed by atoms with Crippen molar-refractivity contribution >= 4 is 5.91 Å². The van der Waals surface area contributed by atoms with Crippen molar-refractivity contribution in [1.82, 2.24) is 5.32 Å². The third-order valence-electron chi connectivity index (χ3n) is 2.62. The van der Waals surface area contributed by atoms with E-state index in [1.807, 2.05) is 0 Å². The highest BCUT2D eigenvalue weighted by Crippen LogP contribution is 2.29. The average molecular weight is 212 g/mol. The van der Waals surface area contributed by atoms with Gasteiger partial charge in [0.1, 0.15) is 5.41 Å². The smallest absolute Gasteiger partial charge is 0.240 e. The first kappa shape index (κ1) is 12.0. The number of nitrogens with zero attached hydrogens (tertiary/aromatic N) is 1. The van der Waals surface area contributed by atoms with Crippen LogP contribution in [0.3, 0.4) is 0 Å². The minimum Gasteiger partial charge on any atom is -0.396 e. The van der Waals surface area contributed by atoms with Crippen molar-refractivity contribution in [2.75, 3.05) is 26.4 Å². The summed E-state index contributed by atoms with van der Waals surface area (Å²) in [7, 11) is 0. The molecule has 5 heteroatoms. The highest BCUT2D eigenvalue weighted by molar-refractivity contribution is 5.85. The zero-order chi connectivity index (χ0) is 11.1. The summed E-state index contributed by atoms with van der Waals surface area (Å²) in [5.41, 5.74) is -0.923. The van der Waals surface area contributed by atoms with E-state index in [0.717, 1.165) is 0 Å². The van der Waals surface area contributed by atoms with Gasteiger partial charge in [0.15, 0.2) is 0 Å². The van der Waals surface area contributed by atoms with Gasteiger partial charge >= 0.3 is 0 Å². The number of amides is 1. The van der Waals surface area contributed by atoms with Gasteiger partial charge < -0.3 is 15.2 Å². The topological polar surface area (TPSA) is 82.4 Å². The van der Waals surface area contributed by atoms with Crippen LogP contribution >= 0.6 is 0 Å². The van der Waals surface area contributed by atoms with Crippen molar-refractivity contribution in [2.45, 2.75) is 19.3 Å². The molecule has 1 fully saturated rings. The van der Waals surface area contributed by atoms with Crippen LogP contribution in [-0.4, -0.2) is 37.4 Å². The Kier molecular flexibility index (Phi) is 4.53. The SMILES string of the molecule is N#CC1(C(=O)NCCCO)CCOCC1. The number of nitriles is 1. The van der Waals surface area contributed by atoms with Gasteiger partial charge in [-0.3, -0.25) is 4.79 Å². The molecule has 0 radical (unpaired) electrons. The second kappa shape index (κ2) is 5.69. The van der Waals surface area contributed by atoms with E-state index in [-0.39, 0.29) is 12.5 Å². The van der Waals surface area contributed by atoms with Gasteiger partial charge in [-0.1, -0.05) is 0 Å². The van der Waals surface area contributed by atoms with E-state index in [0.29, 0.717) is 39.0 Å². The number of aliphatic hydroxyl groups is 1. The average Bonchev–Trinajstić information content (AvgIpc) is 2.30. The lowest BCUT2D eigenvalue weighted by atomic mass is 9.81. The molecule has 0 aromatic rings. The fraction of sp³-hybridized carbons (Fsp3) is 0.800. The molecule has 0 bridgehead atoms. The zero-order valence-corrected chi connectivity index (χ0v) is 8.66. The first-order chi connectivity index (χ1) is 7.25. The Bertz CT molecular complexity index is 254. The lowest BCUT2D eigenvalue weighted by Gasteiger charge is -2.29. The van der Waals surface area contributed by atoms with Crippen molar-refractivity contribution < 1.29 is 14.6 Å². The molecular weight excluding hydrogens is 196 g/mol. The summed E-state index contributed by atoms with van der Waals surface area (Å²) in [6, 6.07) is 2.09. The normalized spacial score (nSPS) is 19.2. The lowest BCUT2D eigenvalue weighted by Crippen LogP contribution is -2.44. The van der Waals surface area contributed by atoms with Gasteiger partial charge in [0.05, 0.1) is 6.07 Å². The summed E-state index contributed by atoms with van der Waals surface area (Å²) >= 11 is 0. The van der Waals surface area contributed by atoms with Gasteiger partial charge in [-0.2, -0.15) is 5.26 Å². The molecule has 0 saturated carbocycles. The predicted molar refractivity (Wildman–Crippen MR) is 52.8 cm³/mol. The van der Waals surface area contributed by atoms with Crippen LogP contribution in [0, 0.1) is 16.7 Å². The quantitative estimate of drug-likeness (QED) is 0.632. The van der Waals surface area contributed by atoms with Crippen LogP contribution in [0.15, 0.2) is 0 Å². The highest BCUT2D eigenvalue weighted by atomic mass is 16.5. The van der Waals surface area contributed by atoms with Crippen molar-refractivity contribution in [1.29, 1.82) is 5.26 Å². The standard InChI is InChI=1S/C10H16N2O3/c11-8-10(2-6-15-7-3-10)9(14)12-4-1-5-13/h13H,1-7H2,(H,12,14). The largest absolute Gasteiger partial charge is 0.396 e. The van der Waals surface area contributed by atoms with E-state index >= 15 is 0 Å². The van der Waals surface area contributed by atoms with Crippen LogP contribution < -0.4 is 5.32 Å². The second-order valence-corrected chi connectivity index (χ2v) is 3.64. The van der Waals surface area contributed by atoms with Crippen LogP contribution in [0.2, 0.25) is 0 Å². The van der Waals surface area contributed by atoms with Crippen LogP contribution in [0.25, 0.3) is 0 Å². The van der Waals surface area contributed by atoms with E-state index in [2.05, 4.69) is 11.4 Å². The Hall–Kier alpha value is -1.12. The van der Waals surface area contributed by atoms with Gasteiger partial charge in [-0.15, -0.1) is 0 Å². The molecule has 84 valence electrons. The molecule has 0 spiro atoms. The number of carbonyl (C=O) groups excluding carboxylic acids is 1. The molecule has 0 aliphatic carbocycles. The first-order valence-electron chi connectivity index (χ1n) is 5.13. The Morgan fingerprint density at radius 1 is 1.53 bits per heavy atom. The molecule has 5 nitrogen and oxygen atoms in total. The lowest BCUT2D eigenvalue weighted by molar-refractivity contribution is -0.132. The maximum atomic E-state index is 11.8. The fourth-order valence-corrected chi connectivity index (χ4v) is 1.56. The minimum absolute atomic E-state index is 0.0446. The third-order valence-corrected chi connectivity index (χ3v) is 2.62. The number of aliphatic hydroxyl groups excluding tert-OH is 1. The van der Waals surface area contributed by atoms with Gasteiger partial charge in [0, 0.05) is 26.4 Å². The second-order valence-electron chi connectivity index (χ2n) is 3.64. The van der Waals surface area contributed by atoms with E-state index in [1.165, 1.54) is 0 Å². The Morgan fingerprint density at radius 2 is 2.20 bits per heavy atom. The molecule has 2 N–H and O–H groups in total. The maximum absolute atomic E-state index is 11.8. The van der Waals surface area contributed by atoms with Gasteiger partial charge in [-0.25, -0.2) is 0 Å². The van der Waals surface area contributed by atoms with E-state index < -0.39 is 5.41 Å². The number of carbonyl (C=O) groups is 1. The molecule has 0 aromatic heterocycles. The molecule has 1 aliphatic heterocycles. The number of hydrogen-bond acceptors (Lipinski definition) is 4. The van der Waals surface area contributed by atoms with Crippen molar-refractivity contribution in [3.8, 4) is 6.07 Å². The van der Waals surface area contributed by atoms with Gasteiger partial charge in [-0.05, 0) is 19.3 Å². The van der Waals surface area contributed by atoms with E-state index in [4.69, 9.17) is 15.1 Å². The highest BCUT2D eigenvalue weighted by Gasteiger charge is 2.40. The Labute approximate surface area is 89.0 Å². The molecular formula is C10H16N2O3. The summed E-state index contributed by atoms with van der Waals surface area (Å²) in [5.74, 6) is -0.234. The Morgan fingerprint density at radius 3 is 2.73 bits per heavy atom. The number of rotatable bonds is 4.